The van der Waals surface area contributed by atoms with E-state index in [9.17, 15) is 9.59 Å². The molecule has 0 heterocycles. The molecule has 0 saturated carbocycles. The van der Waals surface area contributed by atoms with E-state index >= 15 is 0 Å². The lowest BCUT2D eigenvalue weighted by Crippen LogP contribution is -2.33. The first-order chi connectivity index (χ1) is 4.81. The number of hydrogen-bond donors (Lipinski definition) is 2. The summed E-state index contributed by atoms with van der Waals surface area (Å²) in [5.41, 5.74) is 0. The maximum absolute atomic E-state index is 10.6. The van der Waals surface area contributed by atoms with Crippen molar-refractivity contribution in [3.05, 3.63) is 0 Å². The van der Waals surface area contributed by atoms with E-state index in [4.69, 9.17) is 0 Å². The van der Waals surface area contributed by atoms with Gasteiger partial charge in [-0.3, -0.25) is 9.59 Å². The third-order valence-corrected chi connectivity index (χ3v) is 0.918. The molecule has 4 heteroatoms. The molecular formula is C6H12N2O2. The van der Waals surface area contributed by atoms with Crippen LogP contribution < -0.4 is 10.6 Å². The van der Waals surface area contributed by atoms with Crippen molar-refractivity contribution in [1.82, 2.24) is 10.6 Å². The maximum Gasteiger partial charge on any atom is 0.239 e. The Balaban J connectivity index is 3.16. The normalized spacial score (nSPS) is 8.50. The fourth-order valence-electron chi connectivity index (χ4n) is 0.461. The Labute approximate surface area is 60.0 Å². The second kappa shape index (κ2) is 6.07. The highest BCUT2D eigenvalue weighted by molar-refractivity contribution is 5.79. The van der Waals surface area contributed by atoms with Crippen LogP contribution in [-0.4, -0.2) is 25.4 Å². The number of rotatable bonds is 5. The van der Waals surface area contributed by atoms with Gasteiger partial charge in [-0.05, 0) is 6.42 Å². The van der Waals surface area contributed by atoms with Crippen LogP contribution in [0.3, 0.4) is 0 Å². The van der Waals surface area contributed by atoms with Crippen molar-refractivity contribution < 1.29 is 9.59 Å². The zero-order valence-corrected chi connectivity index (χ0v) is 6.02. The molecule has 0 aromatic carbocycles. The first-order valence-electron chi connectivity index (χ1n) is 3.25. The second-order valence-corrected chi connectivity index (χ2v) is 1.85. The minimum Gasteiger partial charge on any atom is -0.355 e. The minimum atomic E-state index is -0.144. The molecule has 0 aromatic rings. The molecule has 10 heavy (non-hydrogen) atoms. The summed E-state index contributed by atoms with van der Waals surface area (Å²) in [5, 5.41) is 4.87. The van der Waals surface area contributed by atoms with E-state index in [0.29, 0.717) is 13.0 Å². The Hall–Kier alpha value is -1.06. The van der Waals surface area contributed by atoms with Crippen molar-refractivity contribution in [3.63, 3.8) is 0 Å². The first-order valence-corrected chi connectivity index (χ1v) is 3.25. The number of amides is 2. The fourth-order valence-corrected chi connectivity index (χ4v) is 0.461. The van der Waals surface area contributed by atoms with Crippen molar-refractivity contribution >= 4 is 12.3 Å². The van der Waals surface area contributed by atoms with Crippen molar-refractivity contribution in [1.29, 1.82) is 0 Å². The summed E-state index contributed by atoms with van der Waals surface area (Å²) in [4.78, 5) is 20.3. The summed E-state index contributed by atoms with van der Waals surface area (Å²) in [7, 11) is 0. The van der Waals surface area contributed by atoms with E-state index in [1.165, 1.54) is 0 Å². The Kier molecular flexibility index (Phi) is 5.42. The lowest BCUT2D eigenvalue weighted by atomic mass is 10.4. The fraction of sp³-hybridized carbons (Fsp3) is 0.667. The standard InChI is InChI=1S/C6H12N2O2/c1-2-3-8-6(10)4-7-5-9/h5H,2-4H2,1H3,(H,7,9)(H,8,10). The Morgan fingerprint density at radius 2 is 2.30 bits per heavy atom. The van der Waals surface area contributed by atoms with Crippen LogP contribution in [0.25, 0.3) is 0 Å². The summed E-state index contributed by atoms with van der Waals surface area (Å²) in [5.74, 6) is -0.144. The van der Waals surface area contributed by atoms with Gasteiger partial charge in [-0.25, -0.2) is 0 Å². The van der Waals surface area contributed by atoms with Crippen LogP contribution in [0.5, 0.6) is 0 Å². The molecule has 0 unspecified atom stereocenters. The molecule has 2 N–H and O–H groups in total. The van der Waals surface area contributed by atoms with Crippen LogP contribution in [0.4, 0.5) is 0 Å². The van der Waals surface area contributed by atoms with E-state index in [-0.39, 0.29) is 12.5 Å². The summed E-state index contributed by atoms with van der Waals surface area (Å²) in [6.07, 6.45) is 1.42. The third-order valence-electron chi connectivity index (χ3n) is 0.918. The minimum absolute atomic E-state index is 0.0729. The Morgan fingerprint density at radius 1 is 1.60 bits per heavy atom. The average Bonchev–Trinajstić information content (AvgIpc) is 1.97. The molecule has 0 aliphatic rings. The summed E-state index contributed by atoms with van der Waals surface area (Å²) in [6, 6.07) is 0. The van der Waals surface area contributed by atoms with Gasteiger partial charge in [0.2, 0.25) is 12.3 Å². The number of carbonyl (C=O) groups is 2. The number of nitrogens with one attached hydrogen (secondary N) is 2. The predicted molar refractivity (Wildman–Crippen MR) is 37.4 cm³/mol. The van der Waals surface area contributed by atoms with Crippen LogP contribution >= 0.6 is 0 Å². The van der Waals surface area contributed by atoms with Crippen molar-refractivity contribution in [2.45, 2.75) is 13.3 Å². The lowest BCUT2D eigenvalue weighted by molar-refractivity contribution is -0.122. The number of carbonyl (C=O) groups excluding carboxylic acids is 2. The summed E-state index contributed by atoms with van der Waals surface area (Å²) in [6.45, 7) is 2.70. The molecule has 0 spiro atoms. The molecule has 0 fully saturated rings. The Morgan fingerprint density at radius 3 is 2.80 bits per heavy atom. The molecule has 0 aliphatic heterocycles. The Bertz CT molecular complexity index is 114. The molecule has 58 valence electrons. The molecule has 0 radical (unpaired) electrons. The average molecular weight is 144 g/mol. The van der Waals surface area contributed by atoms with E-state index in [1.807, 2.05) is 6.92 Å². The third kappa shape index (κ3) is 5.08. The van der Waals surface area contributed by atoms with Gasteiger partial charge in [0.05, 0.1) is 6.54 Å². The zero-order chi connectivity index (χ0) is 7.82. The predicted octanol–water partition coefficient (Wildman–Crippen LogP) is -0.741. The topological polar surface area (TPSA) is 58.2 Å². The summed E-state index contributed by atoms with van der Waals surface area (Å²) < 4.78 is 0. The van der Waals surface area contributed by atoms with Crippen LogP contribution in [-0.2, 0) is 9.59 Å². The molecular weight excluding hydrogens is 132 g/mol. The van der Waals surface area contributed by atoms with Gasteiger partial charge in [-0.2, -0.15) is 0 Å². The van der Waals surface area contributed by atoms with Gasteiger partial charge in [-0.1, -0.05) is 6.92 Å². The van der Waals surface area contributed by atoms with Gasteiger partial charge in [0.1, 0.15) is 0 Å². The van der Waals surface area contributed by atoms with Crippen molar-refractivity contribution in [2.75, 3.05) is 13.1 Å². The monoisotopic (exact) mass is 144 g/mol. The van der Waals surface area contributed by atoms with Crippen molar-refractivity contribution in [2.24, 2.45) is 0 Å². The van der Waals surface area contributed by atoms with Gasteiger partial charge in [0.25, 0.3) is 0 Å². The van der Waals surface area contributed by atoms with Crippen LogP contribution in [0.15, 0.2) is 0 Å². The van der Waals surface area contributed by atoms with E-state index < -0.39 is 0 Å². The highest BCUT2D eigenvalue weighted by atomic mass is 16.2. The molecule has 0 rings (SSSR count). The van der Waals surface area contributed by atoms with E-state index in [0.717, 1.165) is 6.42 Å². The van der Waals surface area contributed by atoms with E-state index in [2.05, 4.69) is 10.6 Å². The zero-order valence-electron chi connectivity index (χ0n) is 6.02. The van der Waals surface area contributed by atoms with Crippen LogP contribution in [0.2, 0.25) is 0 Å². The van der Waals surface area contributed by atoms with Gasteiger partial charge >= 0.3 is 0 Å². The van der Waals surface area contributed by atoms with Gasteiger partial charge in [-0.15, -0.1) is 0 Å². The van der Waals surface area contributed by atoms with Gasteiger partial charge in [0, 0.05) is 6.54 Å². The SMILES string of the molecule is CCCNC(=O)CNC=O. The highest BCUT2D eigenvalue weighted by Crippen LogP contribution is 1.69. The lowest BCUT2D eigenvalue weighted by Gasteiger charge is -2.00. The molecule has 0 bridgehead atoms. The molecule has 0 aliphatic carbocycles. The molecule has 0 aromatic heterocycles. The largest absolute Gasteiger partial charge is 0.355 e. The number of hydrogen-bond acceptors (Lipinski definition) is 2. The van der Waals surface area contributed by atoms with E-state index in [1.54, 1.807) is 0 Å². The molecule has 0 atom stereocenters. The molecule has 4 nitrogen and oxygen atoms in total. The van der Waals surface area contributed by atoms with Gasteiger partial charge in [0.15, 0.2) is 0 Å². The maximum atomic E-state index is 10.6. The van der Waals surface area contributed by atoms with Gasteiger partial charge < -0.3 is 10.6 Å². The molecule has 0 saturated heterocycles. The molecule has 2 amide bonds. The summed E-state index contributed by atoms with van der Waals surface area (Å²) >= 11 is 0. The van der Waals surface area contributed by atoms with Crippen LogP contribution in [0.1, 0.15) is 13.3 Å². The van der Waals surface area contributed by atoms with Crippen LogP contribution in [0, 0.1) is 0 Å². The second-order valence-electron chi connectivity index (χ2n) is 1.85. The van der Waals surface area contributed by atoms with Crippen molar-refractivity contribution in [3.8, 4) is 0 Å². The highest BCUT2D eigenvalue weighted by Gasteiger charge is 1.95. The first kappa shape index (κ1) is 8.94. The quantitative estimate of drug-likeness (QED) is 0.499. The smallest absolute Gasteiger partial charge is 0.239 e.